The highest BCUT2D eigenvalue weighted by molar-refractivity contribution is 5.29. The molecule has 3 rings (SSSR count). The van der Waals surface area contributed by atoms with Gasteiger partial charge in [0.25, 0.3) is 0 Å². The Morgan fingerprint density at radius 3 is 3.00 bits per heavy atom. The zero-order valence-electron chi connectivity index (χ0n) is 12.3. The number of hydrogen-bond donors (Lipinski definition) is 1. The zero-order valence-corrected chi connectivity index (χ0v) is 12.3. The quantitative estimate of drug-likeness (QED) is 0.908. The summed E-state index contributed by atoms with van der Waals surface area (Å²) >= 11 is 0. The summed E-state index contributed by atoms with van der Waals surface area (Å²) in [6.07, 6.45) is 5.03. The summed E-state index contributed by atoms with van der Waals surface area (Å²) in [7, 11) is 0. The second kappa shape index (κ2) is 4.95. The molecule has 2 aliphatic rings. The maximum Gasteiger partial charge on any atom is 0.109 e. The van der Waals surface area contributed by atoms with Gasteiger partial charge in [0.05, 0.1) is 6.10 Å². The minimum absolute atomic E-state index is 0.311. The molecule has 3 heteroatoms. The second-order valence-corrected chi connectivity index (χ2v) is 6.88. The van der Waals surface area contributed by atoms with E-state index in [-0.39, 0.29) is 0 Å². The van der Waals surface area contributed by atoms with Crippen LogP contribution in [-0.2, 0) is 11.2 Å². The van der Waals surface area contributed by atoms with Crippen LogP contribution >= 0.6 is 0 Å². The second-order valence-electron chi connectivity index (χ2n) is 6.88. The van der Waals surface area contributed by atoms with E-state index < -0.39 is 0 Å². The van der Waals surface area contributed by atoms with E-state index in [1.165, 1.54) is 30.6 Å². The van der Waals surface area contributed by atoms with Crippen LogP contribution in [0.15, 0.2) is 10.5 Å². The monoisotopic (exact) mass is 263 g/mol. The zero-order chi connectivity index (χ0) is 13.5. The van der Waals surface area contributed by atoms with Crippen LogP contribution in [0.5, 0.6) is 0 Å². The maximum absolute atomic E-state index is 5.87. The van der Waals surface area contributed by atoms with Crippen LogP contribution < -0.4 is 5.32 Å². The molecule has 0 radical (unpaired) electrons. The molecule has 106 valence electrons. The summed E-state index contributed by atoms with van der Waals surface area (Å²) < 4.78 is 11.6. The average Bonchev–Trinajstić information content (AvgIpc) is 2.93. The number of furan rings is 1. The van der Waals surface area contributed by atoms with Gasteiger partial charge in [0, 0.05) is 31.2 Å². The topological polar surface area (TPSA) is 34.4 Å². The molecule has 1 aliphatic heterocycles. The maximum atomic E-state index is 5.87. The molecule has 0 bridgehead atoms. The Morgan fingerprint density at radius 2 is 2.26 bits per heavy atom. The van der Waals surface area contributed by atoms with Gasteiger partial charge in [-0.25, -0.2) is 0 Å². The molecule has 2 heterocycles. The molecule has 0 amide bonds. The van der Waals surface area contributed by atoms with Crippen molar-refractivity contribution < 1.29 is 9.15 Å². The van der Waals surface area contributed by atoms with Gasteiger partial charge in [-0.1, -0.05) is 13.8 Å². The highest BCUT2D eigenvalue weighted by Gasteiger charge is 2.35. The third kappa shape index (κ3) is 2.87. The van der Waals surface area contributed by atoms with Crippen LogP contribution in [0.2, 0.25) is 0 Å². The predicted molar refractivity (Wildman–Crippen MR) is 75.3 cm³/mol. The van der Waals surface area contributed by atoms with Crippen molar-refractivity contribution in [1.29, 1.82) is 0 Å². The lowest BCUT2D eigenvalue weighted by atomic mass is 9.74. The first-order chi connectivity index (χ1) is 9.03. The largest absolute Gasteiger partial charge is 0.466 e. The van der Waals surface area contributed by atoms with E-state index in [0.29, 0.717) is 17.6 Å². The van der Waals surface area contributed by atoms with E-state index in [9.17, 15) is 0 Å². The Hall–Kier alpha value is -0.800. The number of nitrogens with one attached hydrogen (secondary N) is 1. The lowest BCUT2D eigenvalue weighted by Gasteiger charge is -2.35. The summed E-state index contributed by atoms with van der Waals surface area (Å²) in [5.41, 5.74) is 1.68. The van der Waals surface area contributed by atoms with Gasteiger partial charge in [0.15, 0.2) is 0 Å². The minimum atomic E-state index is 0.311. The van der Waals surface area contributed by atoms with Gasteiger partial charge in [0.2, 0.25) is 0 Å². The van der Waals surface area contributed by atoms with Gasteiger partial charge >= 0.3 is 0 Å². The standard InChI is InChI=1S/C16H25NO2/c1-11-7-13-14(17-10-12-5-4-6-18-12)8-16(2,3)9-15(13)19-11/h7,12,14,17H,4-6,8-10H2,1-3H3. The molecule has 2 unspecified atom stereocenters. The lowest BCUT2D eigenvalue weighted by molar-refractivity contribution is 0.103. The Labute approximate surface area is 115 Å². The number of ether oxygens (including phenoxy) is 1. The summed E-state index contributed by atoms with van der Waals surface area (Å²) in [6.45, 7) is 8.59. The average molecular weight is 263 g/mol. The summed E-state index contributed by atoms with van der Waals surface area (Å²) in [4.78, 5) is 0. The molecule has 3 nitrogen and oxygen atoms in total. The van der Waals surface area contributed by atoms with E-state index in [1.807, 2.05) is 6.92 Å². The van der Waals surface area contributed by atoms with Crippen LogP contribution in [-0.4, -0.2) is 19.3 Å². The third-order valence-corrected chi connectivity index (χ3v) is 4.35. The molecular weight excluding hydrogens is 238 g/mol. The molecule has 1 aliphatic carbocycles. The van der Waals surface area contributed by atoms with Crippen LogP contribution in [0.1, 0.15) is 56.2 Å². The van der Waals surface area contributed by atoms with Crippen molar-refractivity contribution in [3.05, 3.63) is 23.2 Å². The van der Waals surface area contributed by atoms with Crippen LogP contribution in [0.3, 0.4) is 0 Å². The highest BCUT2D eigenvalue weighted by atomic mass is 16.5. The molecule has 1 N–H and O–H groups in total. The van der Waals surface area contributed by atoms with E-state index >= 15 is 0 Å². The van der Waals surface area contributed by atoms with Crippen LogP contribution in [0.4, 0.5) is 0 Å². The summed E-state index contributed by atoms with van der Waals surface area (Å²) in [6, 6.07) is 2.62. The van der Waals surface area contributed by atoms with E-state index in [2.05, 4.69) is 25.2 Å². The Bertz CT molecular complexity index is 444. The van der Waals surface area contributed by atoms with Crippen LogP contribution in [0, 0.1) is 12.3 Å². The molecular formula is C16H25NO2. The molecule has 1 aromatic rings. The molecule has 2 atom stereocenters. The van der Waals surface area contributed by atoms with E-state index in [1.54, 1.807) is 0 Å². The normalized spacial score (nSPS) is 29.4. The fourth-order valence-electron chi connectivity index (χ4n) is 3.45. The highest BCUT2D eigenvalue weighted by Crippen LogP contribution is 2.42. The molecule has 0 aromatic carbocycles. The van der Waals surface area contributed by atoms with Crippen molar-refractivity contribution in [3.63, 3.8) is 0 Å². The van der Waals surface area contributed by atoms with Crippen molar-refractivity contribution >= 4 is 0 Å². The first-order valence-corrected chi connectivity index (χ1v) is 7.48. The summed E-state index contributed by atoms with van der Waals surface area (Å²) in [5.74, 6) is 2.21. The molecule has 19 heavy (non-hydrogen) atoms. The van der Waals surface area contributed by atoms with Gasteiger partial charge < -0.3 is 14.5 Å². The van der Waals surface area contributed by atoms with Crippen molar-refractivity contribution in [2.45, 2.75) is 58.6 Å². The minimum Gasteiger partial charge on any atom is -0.466 e. The summed E-state index contributed by atoms with van der Waals surface area (Å²) in [5, 5.41) is 3.70. The lowest BCUT2D eigenvalue weighted by Crippen LogP contribution is -2.36. The smallest absolute Gasteiger partial charge is 0.109 e. The Morgan fingerprint density at radius 1 is 1.42 bits per heavy atom. The molecule has 1 saturated heterocycles. The van der Waals surface area contributed by atoms with Crippen molar-refractivity contribution in [1.82, 2.24) is 5.32 Å². The van der Waals surface area contributed by atoms with E-state index in [4.69, 9.17) is 9.15 Å². The number of hydrogen-bond acceptors (Lipinski definition) is 3. The van der Waals surface area contributed by atoms with Gasteiger partial charge in [0.1, 0.15) is 11.5 Å². The molecule has 1 fully saturated rings. The van der Waals surface area contributed by atoms with Gasteiger partial charge in [-0.05, 0) is 37.7 Å². The third-order valence-electron chi connectivity index (χ3n) is 4.35. The molecule has 1 aromatic heterocycles. The van der Waals surface area contributed by atoms with Crippen molar-refractivity contribution in [2.75, 3.05) is 13.2 Å². The van der Waals surface area contributed by atoms with Gasteiger partial charge in [-0.15, -0.1) is 0 Å². The fraction of sp³-hybridized carbons (Fsp3) is 0.750. The molecule has 0 spiro atoms. The number of rotatable bonds is 3. The number of fused-ring (bicyclic) bond motifs is 1. The fourth-order valence-corrected chi connectivity index (χ4v) is 3.45. The van der Waals surface area contributed by atoms with Crippen LogP contribution in [0.25, 0.3) is 0 Å². The van der Waals surface area contributed by atoms with E-state index in [0.717, 1.165) is 25.3 Å². The van der Waals surface area contributed by atoms with Gasteiger partial charge in [-0.3, -0.25) is 0 Å². The number of aryl methyl sites for hydroxylation is 1. The Kier molecular flexibility index (Phi) is 3.44. The van der Waals surface area contributed by atoms with Crippen molar-refractivity contribution in [3.8, 4) is 0 Å². The Balaban J connectivity index is 1.72. The van der Waals surface area contributed by atoms with Gasteiger partial charge in [-0.2, -0.15) is 0 Å². The predicted octanol–water partition coefficient (Wildman–Crippen LogP) is 3.37. The first-order valence-electron chi connectivity index (χ1n) is 7.48. The SMILES string of the molecule is Cc1cc2c(o1)CC(C)(C)CC2NCC1CCCO1. The first kappa shape index (κ1) is 13.2. The molecule has 0 saturated carbocycles. The van der Waals surface area contributed by atoms with Crippen molar-refractivity contribution in [2.24, 2.45) is 5.41 Å².